The highest BCUT2D eigenvalue weighted by atomic mass is 16.4. The molecule has 0 heterocycles. The van der Waals surface area contributed by atoms with Crippen LogP contribution in [0.4, 0.5) is 0 Å². The van der Waals surface area contributed by atoms with E-state index in [1.807, 2.05) is 0 Å². The predicted molar refractivity (Wildman–Crippen MR) is 85.3 cm³/mol. The fraction of sp³-hybridized carbons (Fsp3) is 0. The molecule has 0 saturated heterocycles. The smallest absolute Gasteiger partial charge is 0.339 e. The summed E-state index contributed by atoms with van der Waals surface area (Å²) < 4.78 is 0. The second-order valence-corrected chi connectivity index (χ2v) is 4.65. The Balaban J connectivity index is 2.16. The van der Waals surface area contributed by atoms with Crippen molar-refractivity contribution < 1.29 is 30.0 Å². The number of phenols is 2. The summed E-state index contributed by atoms with van der Waals surface area (Å²) in [6, 6.07) is 7.86. The first kappa shape index (κ1) is 16.7. The third-order valence-corrected chi connectivity index (χ3v) is 2.98. The predicted octanol–water partition coefficient (Wildman–Crippen LogP) is 1.95. The number of carboxylic acids is 2. The Kier molecular flexibility index (Phi) is 4.90. The Hall–Kier alpha value is -3.68. The number of rotatable bonds is 5. The monoisotopic (exact) mass is 328 g/mol. The highest BCUT2D eigenvalue weighted by molar-refractivity contribution is 5.94. The number of aromatic hydroxyl groups is 2. The minimum Gasteiger partial charge on any atom is -0.507 e. The van der Waals surface area contributed by atoms with E-state index >= 15 is 0 Å². The molecule has 0 radical (unpaired) electrons. The van der Waals surface area contributed by atoms with Gasteiger partial charge in [0, 0.05) is 0 Å². The lowest BCUT2D eigenvalue weighted by atomic mass is 10.1. The van der Waals surface area contributed by atoms with Crippen molar-refractivity contribution in [3.05, 3.63) is 58.7 Å². The molecule has 2 rings (SSSR count). The highest BCUT2D eigenvalue weighted by Crippen LogP contribution is 2.18. The van der Waals surface area contributed by atoms with Crippen LogP contribution in [0.1, 0.15) is 31.8 Å². The average Bonchev–Trinajstić information content (AvgIpc) is 2.53. The minimum absolute atomic E-state index is 0.257. The quantitative estimate of drug-likeness (QED) is 0.488. The van der Waals surface area contributed by atoms with E-state index in [0.717, 1.165) is 0 Å². The minimum atomic E-state index is -1.27. The lowest BCUT2D eigenvalue weighted by molar-refractivity contribution is 0.0682. The lowest BCUT2D eigenvalue weighted by Crippen LogP contribution is -1.98. The molecular weight excluding hydrogens is 316 g/mol. The Morgan fingerprint density at radius 3 is 1.46 bits per heavy atom. The maximum absolute atomic E-state index is 10.9. The molecular formula is C16H12N2O6. The molecule has 0 aliphatic rings. The van der Waals surface area contributed by atoms with Gasteiger partial charge in [0.1, 0.15) is 22.6 Å². The van der Waals surface area contributed by atoms with Crippen LogP contribution >= 0.6 is 0 Å². The van der Waals surface area contributed by atoms with Crippen LogP contribution in [0.25, 0.3) is 0 Å². The van der Waals surface area contributed by atoms with Crippen molar-refractivity contribution in [3.63, 3.8) is 0 Å². The molecule has 0 unspecified atom stereocenters. The fourth-order valence-corrected chi connectivity index (χ4v) is 1.81. The van der Waals surface area contributed by atoms with E-state index in [4.69, 9.17) is 10.2 Å². The largest absolute Gasteiger partial charge is 0.507 e. The van der Waals surface area contributed by atoms with Crippen molar-refractivity contribution in [1.82, 2.24) is 0 Å². The van der Waals surface area contributed by atoms with Gasteiger partial charge in [0.2, 0.25) is 0 Å². The van der Waals surface area contributed by atoms with Crippen molar-refractivity contribution in [3.8, 4) is 11.5 Å². The summed E-state index contributed by atoms with van der Waals surface area (Å²) in [5, 5.41) is 44.0. The first-order valence-corrected chi connectivity index (χ1v) is 6.57. The molecule has 122 valence electrons. The summed E-state index contributed by atoms with van der Waals surface area (Å²) in [7, 11) is 0. The van der Waals surface area contributed by atoms with Crippen molar-refractivity contribution in [2.75, 3.05) is 0 Å². The Morgan fingerprint density at radius 1 is 0.750 bits per heavy atom. The number of hydrogen-bond acceptors (Lipinski definition) is 6. The first-order valence-electron chi connectivity index (χ1n) is 6.57. The van der Waals surface area contributed by atoms with Crippen LogP contribution in [0, 0.1) is 0 Å². The molecule has 0 amide bonds. The van der Waals surface area contributed by atoms with Gasteiger partial charge in [-0.3, -0.25) is 0 Å². The number of aromatic carboxylic acids is 2. The third kappa shape index (κ3) is 3.95. The van der Waals surface area contributed by atoms with E-state index in [1.165, 1.54) is 48.8 Å². The van der Waals surface area contributed by atoms with E-state index in [1.54, 1.807) is 0 Å². The van der Waals surface area contributed by atoms with Crippen LogP contribution in [0.3, 0.4) is 0 Å². The van der Waals surface area contributed by atoms with Gasteiger partial charge in [0.25, 0.3) is 0 Å². The molecule has 24 heavy (non-hydrogen) atoms. The number of benzene rings is 2. The maximum Gasteiger partial charge on any atom is 0.339 e. The normalized spacial score (nSPS) is 11.2. The van der Waals surface area contributed by atoms with E-state index in [2.05, 4.69) is 10.2 Å². The zero-order valence-electron chi connectivity index (χ0n) is 12.1. The highest BCUT2D eigenvalue weighted by Gasteiger charge is 2.10. The number of carboxylic acid groups (broad SMARTS) is 2. The summed E-state index contributed by atoms with van der Waals surface area (Å²) in [6.45, 7) is 0. The Labute approximate surface area is 135 Å². The molecule has 4 N–H and O–H groups in total. The summed E-state index contributed by atoms with van der Waals surface area (Å²) in [5.41, 5.74) is 0.318. The second kappa shape index (κ2) is 7.05. The summed E-state index contributed by atoms with van der Waals surface area (Å²) in [5.74, 6) is -3.24. The van der Waals surface area contributed by atoms with E-state index in [-0.39, 0.29) is 22.6 Å². The van der Waals surface area contributed by atoms with Crippen molar-refractivity contribution >= 4 is 24.4 Å². The van der Waals surface area contributed by atoms with Crippen LogP contribution in [-0.4, -0.2) is 44.8 Å². The van der Waals surface area contributed by atoms with Gasteiger partial charge in [0.05, 0.1) is 12.4 Å². The summed E-state index contributed by atoms with van der Waals surface area (Å²) in [4.78, 5) is 21.8. The Bertz CT molecular complexity index is 786. The fourth-order valence-electron chi connectivity index (χ4n) is 1.81. The molecule has 0 saturated carbocycles. The molecule has 8 heteroatoms. The first-order chi connectivity index (χ1) is 11.4. The van der Waals surface area contributed by atoms with Gasteiger partial charge in [-0.1, -0.05) is 0 Å². The van der Waals surface area contributed by atoms with E-state index in [0.29, 0.717) is 11.1 Å². The molecule has 0 fully saturated rings. The van der Waals surface area contributed by atoms with Gasteiger partial charge in [0.15, 0.2) is 0 Å². The molecule has 2 aromatic rings. The van der Waals surface area contributed by atoms with Crippen LogP contribution < -0.4 is 0 Å². The summed E-state index contributed by atoms with van der Waals surface area (Å²) in [6.07, 6.45) is 2.56. The SMILES string of the molecule is O=C(O)c1cc(C=NN=Cc2ccc(O)c(C(=O)O)c2)ccc1O. The zero-order chi connectivity index (χ0) is 17.7. The van der Waals surface area contributed by atoms with Crippen LogP contribution in [-0.2, 0) is 0 Å². The van der Waals surface area contributed by atoms with Gasteiger partial charge in [-0.15, -0.1) is 0 Å². The molecule has 0 atom stereocenters. The van der Waals surface area contributed by atoms with Gasteiger partial charge in [-0.2, -0.15) is 10.2 Å². The van der Waals surface area contributed by atoms with E-state index < -0.39 is 11.9 Å². The van der Waals surface area contributed by atoms with Gasteiger partial charge in [-0.25, -0.2) is 9.59 Å². The number of hydrogen-bond donors (Lipinski definition) is 4. The Morgan fingerprint density at radius 2 is 1.12 bits per heavy atom. The van der Waals surface area contributed by atoms with Crippen molar-refractivity contribution in [2.24, 2.45) is 10.2 Å². The van der Waals surface area contributed by atoms with Crippen LogP contribution in [0.5, 0.6) is 11.5 Å². The van der Waals surface area contributed by atoms with Gasteiger partial charge < -0.3 is 20.4 Å². The average molecular weight is 328 g/mol. The van der Waals surface area contributed by atoms with Crippen LogP contribution in [0.2, 0.25) is 0 Å². The molecule has 8 nitrogen and oxygen atoms in total. The third-order valence-electron chi connectivity index (χ3n) is 2.98. The standard InChI is InChI=1S/C16H12N2O6/c19-13-3-1-9(5-11(13)15(21)22)7-17-18-8-10-2-4-14(20)12(6-10)16(23)24/h1-8,19-20H,(H,21,22)(H,23,24). The van der Waals surface area contributed by atoms with Gasteiger partial charge in [-0.05, 0) is 47.5 Å². The van der Waals surface area contributed by atoms with E-state index in [9.17, 15) is 19.8 Å². The molecule has 0 bridgehead atoms. The number of nitrogens with zero attached hydrogens (tertiary/aromatic N) is 2. The molecule has 0 aromatic heterocycles. The van der Waals surface area contributed by atoms with Crippen molar-refractivity contribution in [2.45, 2.75) is 0 Å². The zero-order valence-corrected chi connectivity index (χ0v) is 12.1. The van der Waals surface area contributed by atoms with Gasteiger partial charge >= 0.3 is 11.9 Å². The van der Waals surface area contributed by atoms with Crippen LogP contribution in [0.15, 0.2) is 46.6 Å². The maximum atomic E-state index is 10.9. The summed E-state index contributed by atoms with van der Waals surface area (Å²) >= 11 is 0. The lowest BCUT2D eigenvalue weighted by Gasteiger charge is -2.00. The molecule has 0 spiro atoms. The van der Waals surface area contributed by atoms with Crippen molar-refractivity contribution in [1.29, 1.82) is 0 Å². The molecule has 0 aliphatic heterocycles. The topological polar surface area (TPSA) is 140 Å². The molecule has 2 aromatic carbocycles. The molecule has 0 aliphatic carbocycles. The number of carbonyl (C=O) groups is 2. The second-order valence-electron chi connectivity index (χ2n) is 4.65.